The second-order valence-electron chi connectivity index (χ2n) is 4.40. The highest BCUT2D eigenvalue weighted by molar-refractivity contribution is 7.85. The number of nitrogens with zero attached hydrogens (tertiary/aromatic N) is 1. The number of hydrogen-bond donors (Lipinski definition) is 2. The summed E-state index contributed by atoms with van der Waals surface area (Å²) in [6.07, 6.45) is 0. The van der Waals surface area contributed by atoms with Gasteiger partial charge in [0.2, 0.25) is 5.91 Å². The van der Waals surface area contributed by atoms with Crippen LogP contribution < -0.4 is 11.1 Å². The van der Waals surface area contributed by atoms with Crippen molar-refractivity contribution >= 4 is 39.7 Å². The average molecular weight is 302 g/mol. The SMILES string of the molecule is Nc1cc(Cl)ccc1NC(=O)CN1CCS(=O)CC1. The van der Waals surface area contributed by atoms with Crippen molar-refractivity contribution in [3.05, 3.63) is 23.2 Å². The largest absolute Gasteiger partial charge is 0.397 e. The van der Waals surface area contributed by atoms with Gasteiger partial charge in [0.25, 0.3) is 0 Å². The lowest BCUT2D eigenvalue weighted by atomic mass is 10.2. The van der Waals surface area contributed by atoms with E-state index < -0.39 is 10.8 Å². The van der Waals surface area contributed by atoms with Crippen molar-refractivity contribution in [1.82, 2.24) is 4.90 Å². The zero-order valence-electron chi connectivity index (χ0n) is 10.4. The molecule has 1 aliphatic heterocycles. The van der Waals surface area contributed by atoms with Crippen molar-refractivity contribution in [1.29, 1.82) is 0 Å². The van der Waals surface area contributed by atoms with Crippen molar-refractivity contribution in [3.63, 3.8) is 0 Å². The summed E-state index contributed by atoms with van der Waals surface area (Å²) in [6, 6.07) is 4.96. The summed E-state index contributed by atoms with van der Waals surface area (Å²) >= 11 is 5.79. The molecule has 1 saturated heterocycles. The Labute approximate surface area is 119 Å². The number of halogens is 1. The summed E-state index contributed by atoms with van der Waals surface area (Å²) in [5.41, 5.74) is 6.78. The van der Waals surface area contributed by atoms with Crippen LogP contribution in [0.25, 0.3) is 0 Å². The molecule has 7 heteroatoms. The molecule has 0 bridgehead atoms. The predicted molar refractivity (Wildman–Crippen MR) is 78.8 cm³/mol. The maximum Gasteiger partial charge on any atom is 0.238 e. The number of carbonyl (C=O) groups excluding carboxylic acids is 1. The Kier molecular flexibility index (Phi) is 4.79. The summed E-state index contributed by atoms with van der Waals surface area (Å²) in [5.74, 6) is 1.15. The molecule has 0 atom stereocenters. The first-order valence-electron chi connectivity index (χ1n) is 5.97. The van der Waals surface area contributed by atoms with Gasteiger partial charge in [0.1, 0.15) is 0 Å². The van der Waals surface area contributed by atoms with Crippen LogP contribution in [0.3, 0.4) is 0 Å². The molecule has 0 saturated carbocycles. The molecule has 1 aromatic carbocycles. The first-order valence-corrected chi connectivity index (χ1v) is 7.83. The Morgan fingerprint density at radius 1 is 1.42 bits per heavy atom. The molecule has 1 fully saturated rings. The van der Waals surface area contributed by atoms with E-state index in [0.717, 1.165) is 0 Å². The molecule has 3 N–H and O–H groups in total. The predicted octanol–water partition coefficient (Wildman–Crippen LogP) is 0.925. The average Bonchev–Trinajstić information content (AvgIpc) is 2.36. The minimum Gasteiger partial charge on any atom is -0.397 e. The van der Waals surface area contributed by atoms with E-state index in [1.165, 1.54) is 0 Å². The van der Waals surface area contributed by atoms with E-state index in [4.69, 9.17) is 17.3 Å². The third-order valence-electron chi connectivity index (χ3n) is 2.93. The van der Waals surface area contributed by atoms with Crippen molar-refractivity contribution in [3.8, 4) is 0 Å². The van der Waals surface area contributed by atoms with Crippen LogP contribution in [0.5, 0.6) is 0 Å². The molecule has 0 radical (unpaired) electrons. The molecule has 5 nitrogen and oxygen atoms in total. The number of carbonyl (C=O) groups is 1. The summed E-state index contributed by atoms with van der Waals surface area (Å²) in [5, 5.41) is 3.29. The number of nitrogen functional groups attached to an aromatic ring is 1. The maximum atomic E-state index is 11.9. The van der Waals surface area contributed by atoms with E-state index in [2.05, 4.69) is 5.32 Å². The second kappa shape index (κ2) is 6.36. The van der Waals surface area contributed by atoms with Gasteiger partial charge in [-0.1, -0.05) is 11.6 Å². The van der Waals surface area contributed by atoms with Crippen molar-refractivity contribution < 1.29 is 9.00 Å². The minimum atomic E-state index is -0.728. The summed E-state index contributed by atoms with van der Waals surface area (Å²) in [7, 11) is -0.728. The standard InChI is InChI=1S/C12H16ClN3O2S/c13-9-1-2-11(10(14)7-9)15-12(17)8-16-3-5-19(18)6-4-16/h1-2,7H,3-6,8,14H2,(H,15,17). The summed E-state index contributed by atoms with van der Waals surface area (Å²) in [4.78, 5) is 13.9. The molecule has 2 rings (SSSR count). The van der Waals surface area contributed by atoms with Crippen molar-refractivity contribution in [2.24, 2.45) is 0 Å². The maximum absolute atomic E-state index is 11.9. The Morgan fingerprint density at radius 2 is 2.11 bits per heavy atom. The van der Waals surface area contributed by atoms with Crippen LogP contribution in [0.4, 0.5) is 11.4 Å². The van der Waals surface area contributed by atoms with Crippen LogP contribution in [0.1, 0.15) is 0 Å². The lowest BCUT2D eigenvalue weighted by molar-refractivity contribution is -0.117. The monoisotopic (exact) mass is 301 g/mol. The fourth-order valence-electron chi connectivity index (χ4n) is 1.87. The number of rotatable bonds is 3. The van der Waals surface area contributed by atoms with Crippen LogP contribution >= 0.6 is 11.6 Å². The molecule has 19 heavy (non-hydrogen) atoms. The molecular formula is C12H16ClN3O2S. The van der Waals surface area contributed by atoms with Gasteiger partial charge in [0.05, 0.1) is 17.9 Å². The molecule has 0 aliphatic carbocycles. The number of benzene rings is 1. The van der Waals surface area contributed by atoms with E-state index in [1.807, 2.05) is 4.90 Å². The highest BCUT2D eigenvalue weighted by Crippen LogP contribution is 2.22. The van der Waals surface area contributed by atoms with Gasteiger partial charge in [-0.3, -0.25) is 13.9 Å². The molecule has 1 heterocycles. The number of nitrogens with two attached hydrogens (primary N) is 1. The van der Waals surface area contributed by atoms with Crippen LogP contribution in [0.2, 0.25) is 5.02 Å². The van der Waals surface area contributed by atoms with Gasteiger partial charge in [-0.25, -0.2) is 0 Å². The van der Waals surface area contributed by atoms with E-state index in [0.29, 0.717) is 47.5 Å². The highest BCUT2D eigenvalue weighted by Gasteiger charge is 2.17. The lowest BCUT2D eigenvalue weighted by Gasteiger charge is -2.25. The van der Waals surface area contributed by atoms with Crippen molar-refractivity contribution in [2.75, 3.05) is 42.2 Å². The fraction of sp³-hybridized carbons (Fsp3) is 0.417. The Balaban J connectivity index is 1.89. The molecule has 1 aliphatic rings. The van der Waals surface area contributed by atoms with Crippen LogP contribution in [-0.2, 0) is 15.6 Å². The van der Waals surface area contributed by atoms with E-state index >= 15 is 0 Å². The van der Waals surface area contributed by atoms with Crippen LogP contribution in [0.15, 0.2) is 18.2 Å². The smallest absolute Gasteiger partial charge is 0.238 e. The Bertz CT molecular complexity index is 500. The fourth-order valence-corrected chi connectivity index (χ4v) is 3.18. The molecule has 0 spiro atoms. The zero-order valence-corrected chi connectivity index (χ0v) is 12.0. The number of anilines is 2. The topological polar surface area (TPSA) is 75.4 Å². The molecule has 1 amide bonds. The van der Waals surface area contributed by atoms with Crippen LogP contribution in [-0.4, -0.2) is 46.2 Å². The van der Waals surface area contributed by atoms with Crippen molar-refractivity contribution in [2.45, 2.75) is 0 Å². The van der Waals surface area contributed by atoms with Gasteiger partial charge in [0.15, 0.2) is 0 Å². The second-order valence-corrected chi connectivity index (χ2v) is 6.54. The normalized spacial score (nSPS) is 17.3. The molecule has 0 unspecified atom stereocenters. The van der Waals surface area contributed by atoms with Gasteiger partial charge in [-0.15, -0.1) is 0 Å². The molecule has 1 aromatic rings. The number of amides is 1. The first kappa shape index (κ1) is 14.3. The van der Waals surface area contributed by atoms with Gasteiger partial charge >= 0.3 is 0 Å². The third-order valence-corrected chi connectivity index (χ3v) is 4.44. The van der Waals surface area contributed by atoms with E-state index in [1.54, 1.807) is 18.2 Å². The van der Waals surface area contributed by atoms with E-state index in [9.17, 15) is 9.00 Å². The van der Waals surface area contributed by atoms with E-state index in [-0.39, 0.29) is 5.91 Å². The van der Waals surface area contributed by atoms with Gasteiger partial charge < -0.3 is 11.1 Å². The van der Waals surface area contributed by atoms with Gasteiger partial charge in [0, 0.05) is 40.4 Å². The highest BCUT2D eigenvalue weighted by atomic mass is 35.5. The Hall–Kier alpha value is -1.11. The summed E-state index contributed by atoms with van der Waals surface area (Å²) < 4.78 is 11.2. The van der Waals surface area contributed by atoms with Gasteiger partial charge in [-0.2, -0.15) is 0 Å². The number of nitrogens with one attached hydrogen (secondary N) is 1. The zero-order chi connectivity index (χ0) is 13.8. The van der Waals surface area contributed by atoms with Gasteiger partial charge in [-0.05, 0) is 18.2 Å². The quantitative estimate of drug-likeness (QED) is 0.814. The Morgan fingerprint density at radius 3 is 2.74 bits per heavy atom. The summed E-state index contributed by atoms with van der Waals surface area (Å²) in [6.45, 7) is 1.67. The minimum absolute atomic E-state index is 0.123. The molecule has 0 aromatic heterocycles. The lowest BCUT2D eigenvalue weighted by Crippen LogP contribution is -2.42. The van der Waals surface area contributed by atoms with Crippen LogP contribution in [0, 0.1) is 0 Å². The molecular weight excluding hydrogens is 286 g/mol. The number of hydrogen-bond acceptors (Lipinski definition) is 4. The third kappa shape index (κ3) is 4.19. The first-order chi connectivity index (χ1) is 9.04. The molecule has 104 valence electrons.